The smallest absolute Gasteiger partial charge is 0.221 e. The molecule has 1 unspecified atom stereocenters. The van der Waals surface area contributed by atoms with E-state index < -0.39 is 0 Å². The molecule has 0 aliphatic carbocycles. The number of likely N-dealkylation sites (tertiary alicyclic amines) is 1. The predicted molar refractivity (Wildman–Crippen MR) is 66.4 cm³/mol. The van der Waals surface area contributed by atoms with E-state index in [1.54, 1.807) is 0 Å². The van der Waals surface area contributed by atoms with Crippen molar-refractivity contribution in [3.05, 3.63) is 0 Å². The first-order valence-corrected chi connectivity index (χ1v) is 6.44. The number of carbonyl (C=O) groups is 1. The Balaban J connectivity index is 2.01. The lowest BCUT2D eigenvalue weighted by Gasteiger charge is -2.21. The molecular weight excluding hydrogens is 202 g/mol. The lowest BCUT2D eigenvalue weighted by Crippen LogP contribution is -2.39. The zero-order valence-corrected chi connectivity index (χ0v) is 10.6. The minimum Gasteiger partial charge on any atom is -0.356 e. The molecule has 0 saturated carbocycles. The molecule has 4 heteroatoms. The van der Waals surface area contributed by atoms with Gasteiger partial charge in [-0.2, -0.15) is 0 Å². The number of amides is 1. The SMILES string of the molecule is CCNC(=O)CCNC(C)CN1CCCC1. The van der Waals surface area contributed by atoms with Crippen LogP contribution in [0, 0.1) is 0 Å². The van der Waals surface area contributed by atoms with Gasteiger partial charge in [-0.3, -0.25) is 4.79 Å². The Morgan fingerprint density at radius 3 is 2.69 bits per heavy atom. The molecule has 1 saturated heterocycles. The van der Waals surface area contributed by atoms with E-state index in [2.05, 4.69) is 22.5 Å². The van der Waals surface area contributed by atoms with Crippen LogP contribution in [0.15, 0.2) is 0 Å². The largest absolute Gasteiger partial charge is 0.356 e. The fourth-order valence-electron chi connectivity index (χ4n) is 2.13. The van der Waals surface area contributed by atoms with Crippen LogP contribution in [0.5, 0.6) is 0 Å². The number of nitrogens with one attached hydrogen (secondary N) is 2. The molecule has 1 aliphatic rings. The topological polar surface area (TPSA) is 44.4 Å². The normalized spacial score (nSPS) is 18.6. The quantitative estimate of drug-likeness (QED) is 0.669. The van der Waals surface area contributed by atoms with E-state index in [-0.39, 0.29) is 5.91 Å². The molecule has 1 rings (SSSR count). The van der Waals surface area contributed by atoms with Crippen LogP contribution in [0.1, 0.15) is 33.1 Å². The Morgan fingerprint density at radius 1 is 1.38 bits per heavy atom. The van der Waals surface area contributed by atoms with Gasteiger partial charge in [0.2, 0.25) is 5.91 Å². The van der Waals surface area contributed by atoms with Crippen molar-refractivity contribution in [2.45, 2.75) is 39.2 Å². The van der Waals surface area contributed by atoms with Crippen molar-refractivity contribution in [2.24, 2.45) is 0 Å². The van der Waals surface area contributed by atoms with E-state index in [1.807, 2.05) is 6.92 Å². The second kappa shape index (κ2) is 7.63. The van der Waals surface area contributed by atoms with Gasteiger partial charge in [-0.15, -0.1) is 0 Å². The molecule has 2 N–H and O–H groups in total. The number of rotatable bonds is 7. The van der Waals surface area contributed by atoms with Gasteiger partial charge >= 0.3 is 0 Å². The van der Waals surface area contributed by atoms with Crippen LogP contribution in [0.25, 0.3) is 0 Å². The van der Waals surface area contributed by atoms with Gasteiger partial charge in [0.1, 0.15) is 0 Å². The molecule has 0 aromatic rings. The summed E-state index contributed by atoms with van der Waals surface area (Å²) in [6.45, 7) is 9.22. The zero-order valence-electron chi connectivity index (χ0n) is 10.6. The molecule has 0 spiro atoms. The van der Waals surface area contributed by atoms with Gasteiger partial charge in [0.25, 0.3) is 0 Å². The van der Waals surface area contributed by atoms with Crippen LogP contribution in [0.4, 0.5) is 0 Å². The van der Waals surface area contributed by atoms with Gasteiger partial charge in [0, 0.05) is 32.1 Å². The third-order valence-electron chi connectivity index (χ3n) is 2.95. The lowest BCUT2D eigenvalue weighted by atomic mass is 10.3. The molecule has 1 atom stereocenters. The van der Waals surface area contributed by atoms with Crippen molar-refractivity contribution < 1.29 is 4.79 Å². The fourth-order valence-corrected chi connectivity index (χ4v) is 2.13. The summed E-state index contributed by atoms with van der Waals surface area (Å²) < 4.78 is 0. The Labute approximate surface area is 98.8 Å². The average molecular weight is 227 g/mol. The van der Waals surface area contributed by atoms with Crippen LogP contribution >= 0.6 is 0 Å². The fraction of sp³-hybridized carbons (Fsp3) is 0.917. The maximum atomic E-state index is 11.2. The van der Waals surface area contributed by atoms with Crippen molar-refractivity contribution in [3.8, 4) is 0 Å². The first-order chi connectivity index (χ1) is 7.72. The number of hydrogen-bond acceptors (Lipinski definition) is 3. The number of carbonyl (C=O) groups excluding carboxylic acids is 1. The van der Waals surface area contributed by atoms with E-state index >= 15 is 0 Å². The molecule has 1 amide bonds. The molecule has 0 aromatic heterocycles. The maximum absolute atomic E-state index is 11.2. The molecule has 16 heavy (non-hydrogen) atoms. The van der Waals surface area contributed by atoms with Gasteiger partial charge in [0.05, 0.1) is 0 Å². The highest BCUT2D eigenvalue weighted by molar-refractivity contribution is 5.75. The summed E-state index contributed by atoms with van der Waals surface area (Å²) in [5.74, 6) is 0.142. The van der Waals surface area contributed by atoms with Crippen LogP contribution < -0.4 is 10.6 Å². The molecule has 0 aromatic carbocycles. The van der Waals surface area contributed by atoms with Gasteiger partial charge < -0.3 is 15.5 Å². The van der Waals surface area contributed by atoms with Crippen molar-refractivity contribution in [1.29, 1.82) is 0 Å². The van der Waals surface area contributed by atoms with Crippen LogP contribution in [-0.4, -0.2) is 49.6 Å². The zero-order chi connectivity index (χ0) is 11.8. The molecule has 1 fully saturated rings. The van der Waals surface area contributed by atoms with Gasteiger partial charge in [-0.1, -0.05) is 0 Å². The predicted octanol–water partition coefficient (Wildman–Crippen LogP) is 0.587. The minimum atomic E-state index is 0.142. The van der Waals surface area contributed by atoms with Crippen LogP contribution in [0.2, 0.25) is 0 Å². The Bertz CT molecular complexity index is 202. The Morgan fingerprint density at radius 2 is 2.06 bits per heavy atom. The summed E-state index contributed by atoms with van der Waals surface area (Å²) in [6, 6.07) is 0.479. The van der Waals surface area contributed by atoms with Crippen LogP contribution in [-0.2, 0) is 4.79 Å². The first-order valence-electron chi connectivity index (χ1n) is 6.44. The molecule has 0 bridgehead atoms. The summed E-state index contributed by atoms with van der Waals surface area (Å²) in [4.78, 5) is 13.7. The van der Waals surface area contributed by atoms with E-state index in [0.29, 0.717) is 12.5 Å². The molecule has 1 aliphatic heterocycles. The van der Waals surface area contributed by atoms with Crippen molar-refractivity contribution in [3.63, 3.8) is 0 Å². The summed E-state index contributed by atoms with van der Waals surface area (Å²) >= 11 is 0. The number of nitrogens with zero attached hydrogens (tertiary/aromatic N) is 1. The Kier molecular flexibility index (Phi) is 6.42. The third kappa shape index (κ3) is 5.47. The summed E-state index contributed by atoms with van der Waals surface area (Å²) in [7, 11) is 0. The second-order valence-corrected chi connectivity index (χ2v) is 4.57. The molecule has 94 valence electrons. The monoisotopic (exact) mass is 227 g/mol. The summed E-state index contributed by atoms with van der Waals surface area (Å²) in [5.41, 5.74) is 0. The van der Waals surface area contributed by atoms with Gasteiger partial charge in [-0.25, -0.2) is 0 Å². The minimum absolute atomic E-state index is 0.142. The average Bonchev–Trinajstić information content (AvgIpc) is 2.70. The van der Waals surface area contributed by atoms with Crippen LogP contribution in [0.3, 0.4) is 0 Å². The van der Waals surface area contributed by atoms with Crippen molar-refractivity contribution in [1.82, 2.24) is 15.5 Å². The highest BCUT2D eigenvalue weighted by atomic mass is 16.1. The second-order valence-electron chi connectivity index (χ2n) is 4.57. The molecule has 0 radical (unpaired) electrons. The Hall–Kier alpha value is -0.610. The van der Waals surface area contributed by atoms with E-state index in [9.17, 15) is 4.79 Å². The standard InChI is InChI=1S/C12H25N3O/c1-3-13-12(16)6-7-14-11(2)10-15-8-4-5-9-15/h11,14H,3-10H2,1-2H3,(H,13,16). The maximum Gasteiger partial charge on any atom is 0.221 e. The molecular formula is C12H25N3O. The van der Waals surface area contributed by atoms with Gasteiger partial charge in [-0.05, 0) is 39.8 Å². The summed E-state index contributed by atoms with van der Waals surface area (Å²) in [6.07, 6.45) is 3.26. The lowest BCUT2D eigenvalue weighted by molar-refractivity contribution is -0.120. The molecule has 4 nitrogen and oxygen atoms in total. The van der Waals surface area contributed by atoms with E-state index in [0.717, 1.165) is 19.6 Å². The van der Waals surface area contributed by atoms with Crippen molar-refractivity contribution in [2.75, 3.05) is 32.7 Å². The third-order valence-corrected chi connectivity index (χ3v) is 2.95. The van der Waals surface area contributed by atoms with E-state index in [1.165, 1.54) is 25.9 Å². The molecule has 1 heterocycles. The van der Waals surface area contributed by atoms with Crippen molar-refractivity contribution >= 4 is 5.91 Å². The van der Waals surface area contributed by atoms with E-state index in [4.69, 9.17) is 0 Å². The van der Waals surface area contributed by atoms with Gasteiger partial charge in [0.15, 0.2) is 0 Å². The summed E-state index contributed by atoms with van der Waals surface area (Å²) in [5, 5.41) is 6.20. The number of hydrogen-bond donors (Lipinski definition) is 2. The first kappa shape index (κ1) is 13.5. The highest BCUT2D eigenvalue weighted by Crippen LogP contribution is 2.07. The highest BCUT2D eigenvalue weighted by Gasteiger charge is 2.14.